The van der Waals surface area contributed by atoms with Gasteiger partial charge < -0.3 is 19.7 Å². The molecule has 1 saturated heterocycles. The number of aromatic nitrogens is 5. The molecule has 0 spiro atoms. The number of nitrogens with one attached hydrogen (secondary N) is 1. The predicted molar refractivity (Wildman–Crippen MR) is 114 cm³/mol. The highest BCUT2D eigenvalue weighted by molar-refractivity contribution is 14.0. The molecule has 0 aliphatic carbocycles. The Balaban J connectivity index is 0.00000210. The molecule has 0 amide bonds. The van der Waals surface area contributed by atoms with Crippen molar-refractivity contribution in [2.75, 3.05) is 37.6 Å². The molecule has 0 unspecified atom stereocenters. The van der Waals surface area contributed by atoms with Crippen LogP contribution >= 0.6 is 24.0 Å². The molecule has 10 heteroatoms. The molecule has 2 aliphatic rings. The van der Waals surface area contributed by atoms with Gasteiger partial charge >= 0.3 is 0 Å². The van der Waals surface area contributed by atoms with E-state index in [-0.39, 0.29) is 24.0 Å². The van der Waals surface area contributed by atoms with Gasteiger partial charge in [0.05, 0.1) is 0 Å². The number of aryl methyl sites for hydroxylation is 1. The van der Waals surface area contributed by atoms with Crippen LogP contribution in [0.1, 0.15) is 25.0 Å². The van der Waals surface area contributed by atoms with Crippen LogP contribution in [0, 0.1) is 0 Å². The molecule has 1 N–H and O–H groups in total. The quantitative estimate of drug-likeness (QED) is 0.393. The van der Waals surface area contributed by atoms with Crippen LogP contribution in [0.5, 0.6) is 0 Å². The Morgan fingerprint density at radius 2 is 1.89 bits per heavy atom. The Morgan fingerprint density at radius 3 is 2.63 bits per heavy atom. The van der Waals surface area contributed by atoms with E-state index in [9.17, 15) is 0 Å². The normalized spacial score (nSPS) is 16.9. The number of halogens is 1. The molecule has 27 heavy (non-hydrogen) atoms. The maximum atomic E-state index is 4.81. The van der Waals surface area contributed by atoms with E-state index in [0.717, 1.165) is 75.7 Å². The molecule has 1 fully saturated rings. The zero-order valence-corrected chi connectivity index (χ0v) is 17.9. The molecule has 0 bridgehead atoms. The van der Waals surface area contributed by atoms with Gasteiger partial charge in [-0.3, -0.25) is 0 Å². The van der Waals surface area contributed by atoms with Crippen molar-refractivity contribution in [3.63, 3.8) is 0 Å². The molecule has 2 aliphatic heterocycles. The number of hydrogen-bond acceptors (Lipinski definition) is 6. The van der Waals surface area contributed by atoms with E-state index < -0.39 is 0 Å². The van der Waals surface area contributed by atoms with Gasteiger partial charge in [-0.15, -0.1) is 34.2 Å². The number of fused-ring (bicyclic) bond motifs is 1. The van der Waals surface area contributed by atoms with Crippen LogP contribution in [0.2, 0.25) is 0 Å². The fourth-order valence-corrected chi connectivity index (χ4v) is 3.47. The molecular weight excluding hydrogens is 457 g/mol. The van der Waals surface area contributed by atoms with Gasteiger partial charge in [0.15, 0.2) is 11.8 Å². The number of nitrogens with zero attached hydrogens (tertiary/aromatic N) is 8. The summed E-state index contributed by atoms with van der Waals surface area (Å²) in [5.41, 5.74) is 0. The van der Waals surface area contributed by atoms with Crippen molar-refractivity contribution >= 4 is 35.9 Å². The first-order valence-electron chi connectivity index (χ1n) is 9.31. The smallest absolute Gasteiger partial charge is 0.225 e. The zero-order chi connectivity index (χ0) is 17.8. The fourth-order valence-electron chi connectivity index (χ4n) is 3.47. The second-order valence-electron chi connectivity index (χ2n) is 6.48. The molecule has 2 aromatic heterocycles. The Kier molecular flexibility index (Phi) is 6.80. The standard InChI is InChI=1S/C17H25N9.HI/c1-2-18-16(21-13-15-23-22-14-5-3-8-26(14)15)24-9-11-25(12-10-24)17-19-6-4-7-20-17;/h4,6-7H,2-3,5,8-13H2,1H3,(H,18,21);1H. The second-order valence-corrected chi connectivity index (χ2v) is 6.48. The van der Waals surface area contributed by atoms with E-state index in [2.05, 4.69) is 46.8 Å². The lowest BCUT2D eigenvalue weighted by Gasteiger charge is -2.36. The van der Waals surface area contributed by atoms with Crippen LogP contribution in [0.4, 0.5) is 5.95 Å². The Hall–Kier alpha value is -1.98. The zero-order valence-electron chi connectivity index (χ0n) is 15.6. The molecule has 0 saturated carbocycles. The monoisotopic (exact) mass is 483 g/mol. The molecule has 4 rings (SSSR count). The summed E-state index contributed by atoms with van der Waals surface area (Å²) in [5.74, 6) is 3.80. The fraction of sp³-hybridized carbons (Fsp3) is 0.588. The van der Waals surface area contributed by atoms with Crippen LogP contribution in [0.3, 0.4) is 0 Å². The van der Waals surface area contributed by atoms with Crippen molar-refractivity contribution in [2.24, 2.45) is 4.99 Å². The SMILES string of the molecule is CCNC(=NCc1nnc2n1CCC2)N1CCN(c2ncccn2)CC1.I. The Labute approximate surface area is 176 Å². The van der Waals surface area contributed by atoms with Crippen LogP contribution in [0.15, 0.2) is 23.5 Å². The van der Waals surface area contributed by atoms with E-state index in [1.165, 1.54) is 0 Å². The van der Waals surface area contributed by atoms with E-state index in [1.54, 1.807) is 12.4 Å². The summed E-state index contributed by atoms with van der Waals surface area (Å²) >= 11 is 0. The number of piperazine rings is 1. The number of guanidine groups is 1. The minimum Gasteiger partial charge on any atom is -0.357 e. The maximum Gasteiger partial charge on any atom is 0.225 e. The van der Waals surface area contributed by atoms with Crippen LogP contribution in [-0.4, -0.2) is 68.3 Å². The molecule has 4 heterocycles. The summed E-state index contributed by atoms with van der Waals surface area (Å²) in [5, 5.41) is 12.0. The average Bonchev–Trinajstić information content (AvgIpc) is 3.30. The summed E-state index contributed by atoms with van der Waals surface area (Å²) in [6.45, 7) is 8.07. The minimum atomic E-state index is 0. The highest BCUT2D eigenvalue weighted by atomic mass is 127. The largest absolute Gasteiger partial charge is 0.357 e. The lowest BCUT2D eigenvalue weighted by Crippen LogP contribution is -2.53. The molecule has 0 radical (unpaired) electrons. The van der Waals surface area contributed by atoms with Gasteiger partial charge in [0, 0.05) is 58.1 Å². The number of rotatable bonds is 4. The molecule has 9 nitrogen and oxygen atoms in total. The van der Waals surface area contributed by atoms with E-state index in [4.69, 9.17) is 4.99 Å². The number of aliphatic imine (C=N–C) groups is 1. The number of hydrogen-bond donors (Lipinski definition) is 1. The van der Waals surface area contributed by atoms with Gasteiger partial charge in [-0.1, -0.05) is 0 Å². The van der Waals surface area contributed by atoms with E-state index in [0.29, 0.717) is 6.54 Å². The summed E-state index contributed by atoms with van der Waals surface area (Å²) in [6, 6.07) is 1.84. The van der Waals surface area contributed by atoms with Gasteiger partial charge in [0.1, 0.15) is 12.4 Å². The summed E-state index contributed by atoms with van der Waals surface area (Å²) in [7, 11) is 0. The van der Waals surface area contributed by atoms with Crippen LogP contribution < -0.4 is 10.2 Å². The van der Waals surface area contributed by atoms with Gasteiger partial charge in [0.25, 0.3) is 0 Å². The molecule has 146 valence electrons. The summed E-state index contributed by atoms with van der Waals surface area (Å²) in [4.78, 5) is 18.0. The first kappa shape index (κ1) is 19.8. The lowest BCUT2D eigenvalue weighted by molar-refractivity contribution is 0.370. The van der Waals surface area contributed by atoms with E-state index in [1.807, 2.05) is 6.07 Å². The first-order valence-corrected chi connectivity index (χ1v) is 9.31. The first-order chi connectivity index (χ1) is 12.8. The van der Waals surface area contributed by atoms with Gasteiger partial charge in [-0.25, -0.2) is 15.0 Å². The number of anilines is 1. The predicted octanol–water partition coefficient (Wildman–Crippen LogP) is 0.920. The van der Waals surface area contributed by atoms with Crippen LogP contribution in [-0.2, 0) is 19.5 Å². The topological polar surface area (TPSA) is 87.4 Å². The van der Waals surface area contributed by atoms with Crippen molar-refractivity contribution < 1.29 is 0 Å². The Bertz CT molecular complexity index is 753. The van der Waals surface area contributed by atoms with Crippen molar-refractivity contribution in [2.45, 2.75) is 32.9 Å². The molecular formula is C17H26IN9. The molecule has 0 aromatic carbocycles. The highest BCUT2D eigenvalue weighted by Gasteiger charge is 2.22. The minimum absolute atomic E-state index is 0. The highest BCUT2D eigenvalue weighted by Crippen LogP contribution is 2.15. The summed E-state index contributed by atoms with van der Waals surface area (Å²) < 4.78 is 2.21. The van der Waals surface area contributed by atoms with Gasteiger partial charge in [0.2, 0.25) is 5.95 Å². The average molecular weight is 483 g/mol. The second kappa shape index (κ2) is 9.29. The van der Waals surface area contributed by atoms with Crippen molar-refractivity contribution in [1.82, 2.24) is 34.9 Å². The third kappa shape index (κ3) is 4.47. The van der Waals surface area contributed by atoms with E-state index >= 15 is 0 Å². The maximum absolute atomic E-state index is 4.81. The third-order valence-corrected chi connectivity index (χ3v) is 4.81. The molecule has 0 atom stereocenters. The molecule has 2 aromatic rings. The van der Waals surface area contributed by atoms with Gasteiger partial charge in [-0.05, 0) is 19.4 Å². The van der Waals surface area contributed by atoms with Crippen molar-refractivity contribution in [3.05, 3.63) is 30.1 Å². The van der Waals surface area contributed by atoms with Gasteiger partial charge in [-0.2, -0.15) is 0 Å². The van der Waals surface area contributed by atoms with Crippen LogP contribution in [0.25, 0.3) is 0 Å². The Morgan fingerprint density at radius 1 is 1.11 bits per heavy atom. The third-order valence-electron chi connectivity index (χ3n) is 4.81. The summed E-state index contributed by atoms with van der Waals surface area (Å²) in [6.07, 6.45) is 5.76. The van der Waals surface area contributed by atoms with Crippen molar-refractivity contribution in [1.29, 1.82) is 0 Å². The lowest BCUT2D eigenvalue weighted by atomic mass is 10.3. The van der Waals surface area contributed by atoms with Crippen molar-refractivity contribution in [3.8, 4) is 0 Å².